The summed E-state index contributed by atoms with van der Waals surface area (Å²) in [4.78, 5) is 0.669. The third kappa shape index (κ3) is 4.80. The molecule has 2 N–H and O–H groups in total. The van der Waals surface area contributed by atoms with Crippen LogP contribution in [0.5, 0.6) is 0 Å². The summed E-state index contributed by atoms with van der Waals surface area (Å²) >= 11 is 0. The third-order valence-electron chi connectivity index (χ3n) is 1.87. The van der Waals surface area contributed by atoms with Crippen LogP contribution in [0.1, 0.15) is 6.92 Å². The molecule has 0 aromatic carbocycles. The van der Waals surface area contributed by atoms with Crippen LogP contribution in [0.4, 0.5) is 0 Å². The fraction of sp³-hybridized carbons (Fsp3) is 0.500. The van der Waals surface area contributed by atoms with Crippen molar-refractivity contribution in [2.75, 3.05) is 0 Å². The van der Waals surface area contributed by atoms with Crippen LogP contribution >= 0.6 is 0 Å². The molecule has 0 amide bonds. The van der Waals surface area contributed by atoms with E-state index in [0.29, 0.717) is 4.90 Å². The van der Waals surface area contributed by atoms with Gasteiger partial charge in [0.2, 0.25) is 0 Å². The zero-order chi connectivity index (χ0) is 12.2. The van der Waals surface area contributed by atoms with Gasteiger partial charge in [0, 0.05) is 0 Å². The van der Waals surface area contributed by atoms with Gasteiger partial charge in [0.25, 0.3) is 0 Å². The first-order valence-corrected chi connectivity index (χ1v) is 5.56. The monoisotopic (exact) mass is 243 g/mol. The molecule has 0 saturated carbocycles. The van der Waals surface area contributed by atoms with E-state index < -0.39 is 27.9 Å². The van der Waals surface area contributed by atoms with Crippen molar-refractivity contribution >= 4 is 10.1 Å². The fourth-order valence-corrected chi connectivity index (χ4v) is 1.53. The van der Waals surface area contributed by atoms with Crippen molar-refractivity contribution in [3.63, 3.8) is 0 Å². The zero-order valence-corrected chi connectivity index (χ0v) is 10.1. The minimum atomic E-state index is -4.65. The summed E-state index contributed by atoms with van der Waals surface area (Å²) in [5, 5.41) is 17.1. The van der Waals surface area contributed by atoms with Crippen LogP contribution in [0.25, 0.3) is 0 Å². The average Bonchev–Trinajstić information content (AvgIpc) is 2.15. The van der Waals surface area contributed by atoms with Crippen molar-refractivity contribution in [3.05, 3.63) is 25.3 Å². The predicted octanol–water partition coefficient (Wildman–Crippen LogP) is -3.81. The Morgan fingerprint density at radius 3 is 1.75 bits per heavy atom. The van der Waals surface area contributed by atoms with Gasteiger partial charge in [-0.2, -0.15) is 0 Å². The Hall–Kier alpha value is -0.133. The van der Waals surface area contributed by atoms with Gasteiger partial charge in [0.05, 0.1) is 0 Å². The molecule has 3 atom stereocenters. The van der Waals surface area contributed by atoms with E-state index in [4.69, 9.17) is 0 Å². The van der Waals surface area contributed by atoms with Crippen LogP contribution in [0.3, 0.4) is 0 Å². The van der Waals surface area contributed by atoms with Gasteiger partial charge in [0.1, 0.15) is 27.9 Å². The third-order valence-corrected chi connectivity index (χ3v) is 2.95. The van der Waals surface area contributed by atoms with Gasteiger partial charge in [0.15, 0.2) is 0 Å². The summed E-state index contributed by atoms with van der Waals surface area (Å²) in [6, 6.07) is 0. The van der Waals surface area contributed by atoms with Gasteiger partial charge in [-0.15, -0.1) is 0 Å². The SMILES string of the molecule is C=CC(O)N(C(O)C=C)C(C)S(=O)(=O)[O-].[Li+]. The maximum absolute atomic E-state index is 10.7. The van der Waals surface area contributed by atoms with Gasteiger partial charge in [-0.3, -0.25) is 0 Å². The van der Waals surface area contributed by atoms with E-state index in [1.807, 2.05) is 0 Å². The maximum Gasteiger partial charge on any atom is 1.00 e. The molecule has 8 heteroatoms. The number of rotatable bonds is 6. The summed E-state index contributed by atoms with van der Waals surface area (Å²) in [6.07, 6.45) is -0.906. The number of hydrogen-bond donors (Lipinski definition) is 2. The molecule has 3 unspecified atom stereocenters. The van der Waals surface area contributed by atoms with Gasteiger partial charge in [-0.25, -0.2) is 13.3 Å². The smallest absolute Gasteiger partial charge is 0.747 e. The van der Waals surface area contributed by atoms with Crippen LogP contribution < -0.4 is 18.9 Å². The Morgan fingerprint density at radius 1 is 1.25 bits per heavy atom. The Kier molecular flexibility index (Phi) is 8.26. The van der Waals surface area contributed by atoms with Crippen LogP contribution in [0.2, 0.25) is 0 Å². The molecule has 0 saturated heterocycles. The van der Waals surface area contributed by atoms with Crippen molar-refractivity contribution < 1.29 is 42.0 Å². The molecule has 0 aliphatic heterocycles. The van der Waals surface area contributed by atoms with Crippen LogP contribution in [-0.4, -0.2) is 45.9 Å². The van der Waals surface area contributed by atoms with Gasteiger partial charge >= 0.3 is 18.9 Å². The van der Waals surface area contributed by atoms with Crippen molar-refractivity contribution in [1.29, 1.82) is 0 Å². The summed E-state index contributed by atoms with van der Waals surface area (Å²) in [6.45, 7) is 7.51. The average molecular weight is 243 g/mol. The van der Waals surface area contributed by atoms with E-state index in [2.05, 4.69) is 13.2 Å². The minimum absolute atomic E-state index is 0. The second-order valence-corrected chi connectivity index (χ2v) is 4.51. The molecule has 0 heterocycles. The zero-order valence-electron chi connectivity index (χ0n) is 9.28. The normalized spacial score (nSPS) is 17.1. The number of aliphatic hydroxyl groups is 2. The molecule has 6 nitrogen and oxygen atoms in total. The standard InChI is InChI=1S/C8H15NO5S.Li/c1-4-7(10)9(8(11)5-2)6(3)15(12,13)14;/h4-8,10-11H,1-2H2,3H3,(H,12,13,14);/q;+1/p-1. The molecular weight excluding hydrogens is 229 g/mol. The van der Waals surface area contributed by atoms with Crippen molar-refractivity contribution in [3.8, 4) is 0 Å². The number of aliphatic hydroxyl groups excluding tert-OH is 2. The Balaban J connectivity index is 0. The molecule has 0 aromatic heterocycles. The molecule has 0 spiro atoms. The molecule has 88 valence electrons. The van der Waals surface area contributed by atoms with E-state index >= 15 is 0 Å². The Morgan fingerprint density at radius 2 is 1.56 bits per heavy atom. The van der Waals surface area contributed by atoms with Crippen LogP contribution in [0.15, 0.2) is 25.3 Å². The Labute approximate surface area is 107 Å². The van der Waals surface area contributed by atoms with E-state index in [-0.39, 0.29) is 18.9 Å². The molecular formula is C8H14LiNO5S. The first-order valence-electron chi connectivity index (χ1n) is 4.09. The van der Waals surface area contributed by atoms with E-state index in [1.165, 1.54) is 0 Å². The largest absolute Gasteiger partial charge is 1.00 e. The van der Waals surface area contributed by atoms with Gasteiger partial charge in [-0.05, 0) is 19.1 Å². The van der Waals surface area contributed by atoms with E-state index in [9.17, 15) is 23.2 Å². The quantitative estimate of drug-likeness (QED) is 0.215. The molecule has 0 fully saturated rings. The first-order chi connectivity index (χ1) is 6.75. The van der Waals surface area contributed by atoms with Crippen molar-refractivity contribution in [2.45, 2.75) is 24.8 Å². The maximum atomic E-state index is 10.7. The van der Waals surface area contributed by atoms with E-state index in [0.717, 1.165) is 19.1 Å². The molecule has 0 aromatic rings. The van der Waals surface area contributed by atoms with Crippen molar-refractivity contribution in [1.82, 2.24) is 4.90 Å². The van der Waals surface area contributed by atoms with Crippen molar-refractivity contribution in [2.24, 2.45) is 0 Å². The predicted molar refractivity (Wildman–Crippen MR) is 53.4 cm³/mol. The van der Waals surface area contributed by atoms with Gasteiger partial charge < -0.3 is 14.8 Å². The molecule has 16 heavy (non-hydrogen) atoms. The Bertz CT molecular complexity index is 317. The van der Waals surface area contributed by atoms with Gasteiger partial charge in [-0.1, -0.05) is 13.2 Å². The molecule has 0 aliphatic carbocycles. The number of hydrogen-bond acceptors (Lipinski definition) is 6. The minimum Gasteiger partial charge on any atom is -0.747 e. The molecule has 0 rings (SSSR count). The topological polar surface area (TPSA) is 101 Å². The second kappa shape index (κ2) is 7.24. The van der Waals surface area contributed by atoms with E-state index in [1.54, 1.807) is 0 Å². The van der Waals surface area contributed by atoms with Crippen LogP contribution in [0, 0.1) is 0 Å². The summed E-state index contributed by atoms with van der Waals surface area (Å²) < 4.78 is 32.2. The number of nitrogens with zero attached hydrogens (tertiary/aromatic N) is 1. The summed E-state index contributed by atoms with van der Waals surface area (Å²) in [5.74, 6) is 0. The summed E-state index contributed by atoms with van der Waals surface area (Å²) in [7, 11) is -4.65. The molecule has 0 aliphatic rings. The fourth-order valence-electron chi connectivity index (χ4n) is 0.979. The second-order valence-electron chi connectivity index (χ2n) is 2.84. The first kappa shape index (κ1) is 18.2. The summed E-state index contributed by atoms with van der Waals surface area (Å²) in [5.41, 5.74) is 0. The molecule has 0 radical (unpaired) electrons. The van der Waals surface area contributed by atoms with Crippen LogP contribution in [-0.2, 0) is 10.1 Å². The molecule has 0 bridgehead atoms.